The van der Waals surface area contributed by atoms with Crippen LogP contribution in [-0.2, 0) is 6.42 Å². The number of carbonyl (C=O) groups is 1. The van der Waals surface area contributed by atoms with E-state index in [1.54, 1.807) is 0 Å². The minimum Gasteiger partial charge on any atom is -0.294 e. The van der Waals surface area contributed by atoms with E-state index in [2.05, 4.69) is 0 Å². The number of fused-ring (bicyclic) bond motifs is 1. The molecule has 21 heavy (non-hydrogen) atoms. The molecule has 0 atom stereocenters. The number of halogens is 2. The van der Waals surface area contributed by atoms with Gasteiger partial charge < -0.3 is 0 Å². The van der Waals surface area contributed by atoms with Gasteiger partial charge in [-0.25, -0.2) is 8.78 Å². The van der Waals surface area contributed by atoms with Crippen molar-refractivity contribution in [3.63, 3.8) is 0 Å². The van der Waals surface area contributed by atoms with E-state index in [0.29, 0.717) is 0 Å². The quantitative estimate of drug-likeness (QED) is 0.644. The van der Waals surface area contributed by atoms with Gasteiger partial charge in [0.1, 0.15) is 11.6 Å². The lowest BCUT2D eigenvalue weighted by molar-refractivity contribution is 0.0989. The Morgan fingerprint density at radius 2 is 1.62 bits per heavy atom. The van der Waals surface area contributed by atoms with Crippen LogP contribution in [0.1, 0.15) is 15.9 Å². The molecular formula is C18H12F2O. The lowest BCUT2D eigenvalue weighted by Gasteiger charge is -2.05. The monoisotopic (exact) mass is 282 g/mol. The highest BCUT2D eigenvalue weighted by Crippen LogP contribution is 2.18. The van der Waals surface area contributed by atoms with Gasteiger partial charge in [-0.1, -0.05) is 42.5 Å². The minimum absolute atomic E-state index is 0.0791. The van der Waals surface area contributed by atoms with Gasteiger partial charge in [-0.3, -0.25) is 4.79 Å². The molecule has 3 heteroatoms. The summed E-state index contributed by atoms with van der Waals surface area (Å²) in [6.45, 7) is 0. The topological polar surface area (TPSA) is 17.1 Å². The summed E-state index contributed by atoms with van der Waals surface area (Å²) in [7, 11) is 0. The molecule has 0 amide bonds. The second-order valence-electron chi connectivity index (χ2n) is 4.91. The Morgan fingerprint density at radius 1 is 0.857 bits per heavy atom. The molecule has 0 aliphatic carbocycles. The normalized spacial score (nSPS) is 10.8. The summed E-state index contributed by atoms with van der Waals surface area (Å²) in [4.78, 5) is 12.1. The van der Waals surface area contributed by atoms with Crippen molar-refractivity contribution in [3.8, 4) is 0 Å². The second kappa shape index (κ2) is 5.44. The number of hydrogen-bond acceptors (Lipinski definition) is 1. The zero-order valence-corrected chi connectivity index (χ0v) is 11.1. The maximum atomic E-state index is 13.6. The van der Waals surface area contributed by atoms with Crippen LogP contribution in [-0.4, -0.2) is 5.78 Å². The van der Waals surface area contributed by atoms with Crippen molar-refractivity contribution < 1.29 is 13.6 Å². The van der Waals surface area contributed by atoms with E-state index in [0.717, 1.165) is 28.5 Å². The van der Waals surface area contributed by atoms with Crippen LogP contribution in [0.3, 0.4) is 0 Å². The summed E-state index contributed by atoms with van der Waals surface area (Å²) < 4.78 is 26.5. The van der Waals surface area contributed by atoms with Crippen molar-refractivity contribution in [2.45, 2.75) is 6.42 Å². The molecule has 0 saturated carbocycles. The minimum atomic E-state index is -0.819. The van der Waals surface area contributed by atoms with E-state index in [9.17, 15) is 13.6 Å². The fourth-order valence-electron chi connectivity index (χ4n) is 2.34. The van der Waals surface area contributed by atoms with E-state index in [1.165, 1.54) is 6.07 Å². The van der Waals surface area contributed by atoms with E-state index in [1.807, 2.05) is 42.5 Å². The first-order valence-electron chi connectivity index (χ1n) is 6.59. The molecule has 0 radical (unpaired) electrons. The highest BCUT2D eigenvalue weighted by atomic mass is 19.1. The Hall–Kier alpha value is -2.55. The second-order valence-corrected chi connectivity index (χ2v) is 4.91. The van der Waals surface area contributed by atoms with Gasteiger partial charge in [-0.05, 0) is 28.5 Å². The standard InChI is InChI=1S/C18H12F2O/c19-15-7-8-16(17(20)11-15)18(21)10-12-5-6-13-3-1-2-4-14(13)9-12/h1-9,11H,10H2. The van der Waals surface area contributed by atoms with Gasteiger partial charge in [-0.2, -0.15) is 0 Å². The predicted octanol–water partition coefficient (Wildman–Crippen LogP) is 4.54. The Kier molecular flexibility index (Phi) is 3.48. The fraction of sp³-hybridized carbons (Fsp3) is 0.0556. The average Bonchev–Trinajstić information content (AvgIpc) is 2.47. The predicted molar refractivity (Wildman–Crippen MR) is 78.3 cm³/mol. The van der Waals surface area contributed by atoms with Crippen LogP contribution >= 0.6 is 0 Å². The van der Waals surface area contributed by atoms with Crippen LogP contribution in [0.2, 0.25) is 0 Å². The Morgan fingerprint density at radius 3 is 2.38 bits per heavy atom. The molecule has 0 saturated heterocycles. The first-order valence-corrected chi connectivity index (χ1v) is 6.59. The fourth-order valence-corrected chi connectivity index (χ4v) is 2.34. The van der Waals surface area contributed by atoms with Crippen molar-refractivity contribution in [2.75, 3.05) is 0 Å². The summed E-state index contributed by atoms with van der Waals surface area (Å²) in [6.07, 6.45) is 0.0907. The number of carbonyl (C=O) groups excluding carboxylic acids is 1. The summed E-state index contributed by atoms with van der Waals surface area (Å²) >= 11 is 0. The SMILES string of the molecule is O=C(Cc1ccc2ccccc2c1)c1ccc(F)cc1F. The molecule has 104 valence electrons. The molecule has 0 N–H and O–H groups in total. The van der Waals surface area contributed by atoms with Crippen LogP contribution in [0.15, 0.2) is 60.7 Å². The van der Waals surface area contributed by atoms with E-state index < -0.39 is 11.6 Å². The van der Waals surface area contributed by atoms with E-state index in [4.69, 9.17) is 0 Å². The largest absolute Gasteiger partial charge is 0.294 e. The third-order valence-corrected chi connectivity index (χ3v) is 3.41. The zero-order chi connectivity index (χ0) is 14.8. The number of Topliss-reactive ketones (excluding diaryl/α,β-unsaturated/α-hetero) is 1. The third-order valence-electron chi connectivity index (χ3n) is 3.41. The van der Waals surface area contributed by atoms with Gasteiger partial charge in [0, 0.05) is 12.5 Å². The molecule has 3 aromatic carbocycles. The molecule has 0 unspecified atom stereocenters. The van der Waals surface area contributed by atoms with Crippen molar-refractivity contribution in [1.29, 1.82) is 0 Å². The van der Waals surface area contributed by atoms with Crippen LogP contribution in [0.4, 0.5) is 8.78 Å². The molecule has 3 rings (SSSR count). The number of benzene rings is 3. The van der Waals surface area contributed by atoms with E-state index >= 15 is 0 Å². The van der Waals surface area contributed by atoms with E-state index in [-0.39, 0.29) is 17.8 Å². The van der Waals surface area contributed by atoms with Crippen LogP contribution < -0.4 is 0 Å². The molecule has 0 heterocycles. The van der Waals surface area contributed by atoms with Gasteiger partial charge in [0.2, 0.25) is 0 Å². The molecule has 0 fully saturated rings. The first-order chi connectivity index (χ1) is 10.1. The summed E-state index contributed by atoms with van der Waals surface area (Å²) in [5.41, 5.74) is 0.729. The smallest absolute Gasteiger partial charge is 0.170 e. The Balaban J connectivity index is 1.89. The zero-order valence-electron chi connectivity index (χ0n) is 11.1. The van der Waals surface area contributed by atoms with Gasteiger partial charge in [0.05, 0.1) is 5.56 Å². The molecule has 0 aromatic heterocycles. The summed E-state index contributed by atoms with van der Waals surface area (Å²) in [5, 5.41) is 2.11. The molecular weight excluding hydrogens is 270 g/mol. The average molecular weight is 282 g/mol. The van der Waals surface area contributed by atoms with Crippen molar-refractivity contribution in [1.82, 2.24) is 0 Å². The van der Waals surface area contributed by atoms with Gasteiger partial charge in [-0.15, -0.1) is 0 Å². The maximum absolute atomic E-state index is 13.6. The summed E-state index contributed by atoms with van der Waals surface area (Å²) in [6, 6.07) is 16.5. The van der Waals surface area contributed by atoms with Crippen LogP contribution in [0, 0.1) is 11.6 Å². The molecule has 3 aromatic rings. The first kappa shape index (κ1) is 13.4. The molecule has 0 spiro atoms. The molecule has 1 nitrogen and oxygen atoms in total. The van der Waals surface area contributed by atoms with Crippen molar-refractivity contribution >= 4 is 16.6 Å². The van der Waals surface area contributed by atoms with Crippen molar-refractivity contribution in [3.05, 3.63) is 83.4 Å². The van der Waals surface area contributed by atoms with Gasteiger partial charge in [0.15, 0.2) is 5.78 Å². The Bertz CT molecular complexity index is 824. The Labute approximate surface area is 120 Å². The highest BCUT2D eigenvalue weighted by Gasteiger charge is 2.13. The maximum Gasteiger partial charge on any atom is 0.170 e. The van der Waals surface area contributed by atoms with Crippen LogP contribution in [0.5, 0.6) is 0 Å². The number of ketones is 1. The van der Waals surface area contributed by atoms with Gasteiger partial charge >= 0.3 is 0 Å². The lowest BCUT2D eigenvalue weighted by Crippen LogP contribution is -2.06. The molecule has 0 bridgehead atoms. The summed E-state index contributed by atoms with van der Waals surface area (Å²) in [5.74, 6) is -1.86. The third kappa shape index (κ3) is 2.82. The van der Waals surface area contributed by atoms with Gasteiger partial charge in [0.25, 0.3) is 0 Å². The lowest BCUT2D eigenvalue weighted by atomic mass is 10.00. The number of hydrogen-bond donors (Lipinski definition) is 0. The van der Waals surface area contributed by atoms with Crippen LogP contribution in [0.25, 0.3) is 10.8 Å². The van der Waals surface area contributed by atoms with Crippen molar-refractivity contribution in [2.24, 2.45) is 0 Å². The number of rotatable bonds is 3. The molecule has 0 aliphatic heterocycles. The molecule has 0 aliphatic rings. The highest BCUT2D eigenvalue weighted by molar-refractivity contribution is 5.98.